The summed E-state index contributed by atoms with van der Waals surface area (Å²) < 4.78 is 11.1. The van der Waals surface area contributed by atoms with E-state index < -0.39 is 10.8 Å². The summed E-state index contributed by atoms with van der Waals surface area (Å²) in [5.41, 5.74) is 1.15. The summed E-state index contributed by atoms with van der Waals surface area (Å²) in [5.74, 6) is 2.26. The number of hydrogen-bond donors (Lipinski definition) is 1. The van der Waals surface area contributed by atoms with Crippen LogP contribution in [0.2, 0.25) is 0 Å². The van der Waals surface area contributed by atoms with Crippen LogP contribution in [-0.4, -0.2) is 27.2 Å². The Labute approximate surface area is 87.4 Å². The molecule has 0 aliphatic carbocycles. The summed E-state index contributed by atoms with van der Waals surface area (Å²) in [5, 5.41) is 3.13. The van der Waals surface area contributed by atoms with Gasteiger partial charge in [0.25, 0.3) is 0 Å². The van der Waals surface area contributed by atoms with E-state index in [1.165, 1.54) is 0 Å². The van der Waals surface area contributed by atoms with Crippen LogP contribution >= 0.6 is 0 Å². The number of anilines is 1. The molecule has 0 spiro atoms. The van der Waals surface area contributed by atoms with Gasteiger partial charge in [-0.2, -0.15) is 0 Å². The third-order valence-corrected chi connectivity index (χ3v) is 3.17. The van der Waals surface area contributed by atoms with Crippen molar-refractivity contribution in [3.8, 4) is 0 Å². The van der Waals surface area contributed by atoms with Gasteiger partial charge in [0.1, 0.15) is 5.82 Å². The SMILES string of the molecule is CCS(=O)CCNc1ccc(C)cn1. The molecule has 1 unspecified atom stereocenters. The summed E-state index contributed by atoms with van der Waals surface area (Å²) >= 11 is 0. The molecule has 1 aromatic heterocycles. The van der Waals surface area contributed by atoms with Crippen LogP contribution in [0.5, 0.6) is 0 Å². The van der Waals surface area contributed by atoms with Gasteiger partial charge >= 0.3 is 0 Å². The average molecular weight is 212 g/mol. The molecule has 1 atom stereocenters. The van der Waals surface area contributed by atoms with Gasteiger partial charge in [0, 0.05) is 35.0 Å². The Morgan fingerprint density at radius 1 is 1.50 bits per heavy atom. The molecule has 0 aromatic carbocycles. The summed E-state index contributed by atoms with van der Waals surface area (Å²) in [6, 6.07) is 3.94. The van der Waals surface area contributed by atoms with E-state index >= 15 is 0 Å². The Kier molecular flexibility index (Phi) is 4.59. The molecule has 0 amide bonds. The summed E-state index contributed by atoms with van der Waals surface area (Å²) in [6.07, 6.45) is 1.82. The first-order chi connectivity index (χ1) is 6.72. The van der Waals surface area contributed by atoms with Gasteiger partial charge in [-0.15, -0.1) is 0 Å². The highest BCUT2D eigenvalue weighted by atomic mass is 32.2. The fourth-order valence-electron chi connectivity index (χ4n) is 1.01. The van der Waals surface area contributed by atoms with E-state index in [0.29, 0.717) is 5.75 Å². The van der Waals surface area contributed by atoms with Crippen molar-refractivity contribution in [2.24, 2.45) is 0 Å². The molecule has 0 aliphatic rings. The Bertz CT molecular complexity index is 297. The number of hydrogen-bond acceptors (Lipinski definition) is 3. The monoisotopic (exact) mass is 212 g/mol. The lowest BCUT2D eigenvalue weighted by Crippen LogP contribution is -2.12. The fourth-order valence-corrected chi connectivity index (χ4v) is 1.63. The molecule has 4 heteroatoms. The van der Waals surface area contributed by atoms with Crippen molar-refractivity contribution in [3.63, 3.8) is 0 Å². The van der Waals surface area contributed by atoms with E-state index in [1.807, 2.05) is 32.2 Å². The zero-order chi connectivity index (χ0) is 10.4. The third kappa shape index (κ3) is 3.87. The molecule has 78 valence electrons. The maximum Gasteiger partial charge on any atom is 0.125 e. The van der Waals surface area contributed by atoms with Gasteiger partial charge < -0.3 is 5.32 Å². The molecule has 0 bridgehead atoms. The van der Waals surface area contributed by atoms with Gasteiger partial charge in [-0.25, -0.2) is 4.98 Å². The molecule has 0 radical (unpaired) electrons. The molecule has 0 saturated heterocycles. The maximum absolute atomic E-state index is 11.1. The number of aryl methyl sites for hydroxylation is 1. The summed E-state index contributed by atoms with van der Waals surface area (Å²) in [4.78, 5) is 4.19. The minimum absolute atomic E-state index is 0.687. The number of rotatable bonds is 5. The fraction of sp³-hybridized carbons (Fsp3) is 0.500. The van der Waals surface area contributed by atoms with Crippen LogP contribution in [0.1, 0.15) is 12.5 Å². The predicted octanol–water partition coefficient (Wildman–Crippen LogP) is 1.57. The Hall–Kier alpha value is -0.900. The third-order valence-electron chi connectivity index (χ3n) is 1.87. The van der Waals surface area contributed by atoms with Crippen molar-refractivity contribution in [1.82, 2.24) is 4.98 Å². The van der Waals surface area contributed by atoms with Crippen LogP contribution in [0.15, 0.2) is 18.3 Å². The molecule has 1 rings (SSSR count). The first kappa shape index (κ1) is 11.2. The number of aromatic nitrogens is 1. The largest absolute Gasteiger partial charge is 0.369 e. The molecule has 0 fully saturated rings. The Morgan fingerprint density at radius 3 is 2.86 bits per heavy atom. The van der Waals surface area contributed by atoms with E-state index in [0.717, 1.165) is 23.7 Å². The van der Waals surface area contributed by atoms with E-state index in [9.17, 15) is 4.21 Å². The first-order valence-corrected chi connectivity index (χ1v) is 6.22. The van der Waals surface area contributed by atoms with Crippen molar-refractivity contribution in [3.05, 3.63) is 23.9 Å². The first-order valence-electron chi connectivity index (χ1n) is 4.74. The second-order valence-electron chi connectivity index (χ2n) is 3.08. The van der Waals surface area contributed by atoms with Crippen LogP contribution in [0.4, 0.5) is 5.82 Å². The van der Waals surface area contributed by atoms with Crippen LogP contribution < -0.4 is 5.32 Å². The van der Waals surface area contributed by atoms with Crippen molar-refractivity contribution in [2.75, 3.05) is 23.4 Å². The lowest BCUT2D eigenvalue weighted by atomic mass is 10.3. The zero-order valence-corrected chi connectivity index (χ0v) is 9.43. The van der Waals surface area contributed by atoms with E-state index in [4.69, 9.17) is 0 Å². The minimum atomic E-state index is -0.695. The van der Waals surface area contributed by atoms with Gasteiger partial charge in [-0.1, -0.05) is 13.0 Å². The standard InChI is InChI=1S/C10H16N2OS/c1-3-14(13)7-6-11-10-5-4-9(2)8-12-10/h4-5,8H,3,6-7H2,1-2H3,(H,11,12). The van der Waals surface area contributed by atoms with Crippen LogP contribution in [0.25, 0.3) is 0 Å². The second kappa shape index (κ2) is 5.75. The van der Waals surface area contributed by atoms with Crippen molar-refractivity contribution < 1.29 is 4.21 Å². The van der Waals surface area contributed by atoms with Crippen LogP contribution in [0.3, 0.4) is 0 Å². The van der Waals surface area contributed by atoms with Crippen LogP contribution in [-0.2, 0) is 10.8 Å². The Morgan fingerprint density at radius 2 is 2.29 bits per heavy atom. The van der Waals surface area contributed by atoms with Crippen molar-refractivity contribution in [2.45, 2.75) is 13.8 Å². The maximum atomic E-state index is 11.1. The van der Waals surface area contributed by atoms with Gasteiger partial charge in [-0.05, 0) is 18.6 Å². The van der Waals surface area contributed by atoms with Gasteiger partial charge in [0.15, 0.2) is 0 Å². The van der Waals surface area contributed by atoms with E-state index in [1.54, 1.807) is 0 Å². The Balaban J connectivity index is 2.31. The summed E-state index contributed by atoms with van der Waals surface area (Å²) in [7, 11) is -0.695. The van der Waals surface area contributed by atoms with Crippen molar-refractivity contribution in [1.29, 1.82) is 0 Å². The highest BCUT2D eigenvalue weighted by molar-refractivity contribution is 7.84. The highest BCUT2D eigenvalue weighted by Gasteiger charge is 1.96. The molecular weight excluding hydrogens is 196 g/mol. The minimum Gasteiger partial charge on any atom is -0.369 e. The highest BCUT2D eigenvalue weighted by Crippen LogP contribution is 2.02. The van der Waals surface area contributed by atoms with Gasteiger partial charge in [-0.3, -0.25) is 4.21 Å². The van der Waals surface area contributed by atoms with Gasteiger partial charge in [0.05, 0.1) is 0 Å². The molecule has 3 nitrogen and oxygen atoms in total. The van der Waals surface area contributed by atoms with E-state index in [2.05, 4.69) is 10.3 Å². The smallest absolute Gasteiger partial charge is 0.125 e. The molecule has 1 aromatic rings. The zero-order valence-electron chi connectivity index (χ0n) is 8.62. The molecule has 14 heavy (non-hydrogen) atoms. The second-order valence-corrected chi connectivity index (χ2v) is 4.95. The molecule has 1 N–H and O–H groups in total. The number of nitrogens with one attached hydrogen (secondary N) is 1. The normalized spacial score (nSPS) is 12.4. The summed E-state index contributed by atoms with van der Waals surface area (Å²) in [6.45, 7) is 4.65. The topological polar surface area (TPSA) is 42.0 Å². The average Bonchev–Trinajstić information content (AvgIpc) is 2.21. The van der Waals surface area contributed by atoms with Crippen molar-refractivity contribution >= 4 is 16.6 Å². The molecular formula is C10H16N2OS. The van der Waals surface area contributed by atoms with Crippen LogP contribution in [0, 0.1) is 6.92 Å². The number of pyridine rings is 1. The number of nitrogens with zero attached hydrogens (tertiary/aromatic N) is 1. The van der Waals surface area contributed by atoms with E-state index in [-0.39, 0.29) is 0 Å². The predicted molar refractivity (Wildman–Crippen MR) is 61.0 cm³/mol. The molecule has 0 aliphatic heterocycles. The van der Waals surface area contributed by atoms with Gasteiger partial charge in [0.2, 0.25) is 0 Å². The lowest BCUT2D eigenvalue weighted by Gasteiger charge is -2.04. The quantitative estimate of drug-likeness (QED) is 0.805. The lowest BCUT2D eigenvalue weighted by molar-refractivity contribution is 0.684. The molecule has 1 heterocycles. The molecule has 0 saturated carbocycles.